The van der Waals surface area contributed by atoms with Crippen molar-refractivity contribution < 1.29 is 14.6 Å². The Balaban J connectivity index is 1.40. The van der Waals surface area contributed by atoms with Gasteiger partial charge in [0.25, 0.3) is 0 Å². The molecule has 3 N–H and O–H groups in total. The molecular weight excluding hydrogens is 446 g/mol. The minimum absolute atomic E-state index is 0.0138. The van der Waals surface area contributed by atoms with Crippen molar-refractivity contribution in [2.75, 3.05) is 25.0 Å². The highest BCUT2D eigenvalue weighted by molar-refractivity contribution is 5.75. The third kappa shape index (κ3) is 6.55. The van der Waals surface area contributed by atoms with Gasteiger partial charge in [-0.25, -0.2) is 14.8 Å². The minimum Gasteiger partial charge on any atom is -0.396 e. The van der Waals surface area contributed by atoms with Crippen LogP contribution in [0.4, 0.5) is 16.4 Å². The molecule has 2 amide bonds. The number of hydrogen-bond acceptors (Lipinski definition) is 7. The summed E-state index contributed by atoms with van der Waals surface area (Å²) < 4.78 is 7.60. The number of nitrogens with zero attached hydrogens (tertiary/aromatic N) is 5. The highest BCUT2D eigenvalue weighted by atomic mass is 16.5. The number of hydrogen-bond donors (Lipinski definition) is 3. The van der Waals surface area contributed by atoms with Crippen LogP contribution in [0.5, 0.6) is 0 Å². The molecule has 186 valence electrons. The Kier molecular flexibility index (Phi) is 7.32. The van der Waals surface area contributed by atoms with Gasteiger partial charge in [-0.15, -0.1) is 0 Å². The lowest BCUT2D eigenvalue weighted by molar-refractivity contribution is -0.111. The van der Waals surface area contributed by atoms with Crippen LogP contribution in [-0.4, -0.2) is 67.2 Å². The van der Waals surface area contributed by atoms with Crippen LogP contribution in [0.15, 0.2) is 42.9 Å². The number of aryl methyl sites for hydroxylation is 1. The number of carbonyl (C=O) groups excluding carboxylic acids is 1. The number of urea groups is 1. The molecule has 1 aliphatic heterocycles. The van der Waals surface area contributed by atoms with E-state index in [0.717, 1.165) is 28.1 Å². The average Bonchev–Trinajstić information content (AvgIpc) is 3.19. The predicted octanol–water partition coefficient (Wildman–Crippen LogP) is 2.86. The van der Waals surface area contributed by atoms with E-state index in [-0.39, 0.29) is 24.3 Å². The Morgan fingerprint density at radius 1 is 1.23 bits per heavy atom. The van der Waals surface area contributed by atoms with Crippen molar-refractivity contribution in [3.63, 3.8) is 0 Å². The van der Waals surface area contributed by atoms with E-state index in [1.54, 1.807) is 22.0 Å². The van der Waals surface area contributed by atoms with Crippen molar-refractivity contribution in [2.24, 2.45) is 7.05 Å². The highest BCUT2D eigenvalue weighted by Crippen LogP contribution is 2.24. The van der Waals surface area contributed by atoms with Gasteiger partial charge in [0.1, 0.15) is 0 Å². The predicted molar refractivity (Wildman–Crippen MR) is 133 cm³/mol. The van der Waals surface area contributed by atoms with Crippen LogP contribution in [0.3, 0.4) is 0 Å². The van der Waals surface area contributed by atoms with Gasteiger partial charge >= 0.3 is 6.03 Å². The average molecular weight is 480 g/mol. The lowest BCUT2D eigenvalue weighted by atomic mass is 9.99. The van der Waals surface area contributed by atoms with Gasteiger partial charge in [0.2, 0.25) is 5.95 Å². The first kappa shape index (κ1) is 24.6. The summed E-state index contributed by atoms with van der Waals surface area (Å²) in [6, 6.07) is 7.67. The number of carbonyl (C=O) groups is 1. The lowest BCUT2D eigenvalue weighted by Gasteiger charge is -2.41. The molecule has 0 unspecified atom stereocenters. The molecule has 3 aromatic rings. The quantitative estimate of drug-likeness (QED) is 0.455. The van der Waals surface area contributed by atoms with Crippen LogP contribution in [0.25, 0.3) is 11.3 Å². The fourth-order valence-electron chi connectivity index (χ4n) is 3.97. The van der Waals surface area contributed by atoms with Crippen molar-refractivity contribution in [3.8, 4) is 11.3 Å². The number of benzene rings is 1. The van der Waals surface area contributed by atoms with Crippen LogP contribution < -0.4 is 10.6 Å². The summed E-state index contributed by atoms with van der Waals surface area (Å²) in [5, 5.41) is 19.9. The van der Waals surface area contributed by atoms with Gasteiger partial charge in [0, 0.05) is 38.2 Å². The lowest BCUT2D eigenvalue weighted by Crippen LogP contribution is -2.59. The summed E-state index contributed by atoms with van der Waals surface area (Å²) in [7, 11) is 1.84. The number of amides is 2. The maximum atomic E-state index is 12.5. The van der Waals surface area contributed by atoms with Crippen molar-refractivity contribution in [1.29, 1.82) is 0 Å². The molecular formula is C25H33N7O3. The first-order valence-corrected chi connectivity index (χ1v) is 11.7. The van der Waals surface area contributed by atoms with E-state index in [1.165, 1.54) is 0 Å². The zero-order valence-electron chi connectivity index (χ0n) is 20.7. The molecule has 1 aliphatic rings. The SMILES string of the molecule is Cn1cc(Nc2nccc(-c3ccc(CNC(=O)N4CC(OC(C)(C)C)C4)c(CCO)c3)n2)cn1. The Bertz CT molecular complexity index is 1170. The fourth-order valence-corrected chi connectivity index (χ4v) is 3.97. The number of anilines is 2. The maximum absolute atomic E-state index is 12.5. The molecule has 4 rings (SSSR count). The van der Waals surface area contributed by atoms with E-state index >= 15 is 0 Å². The molecule has 0 saturated carbocycles. The topological polar surface area (TPSA) is 117 Å². The second-order valence-electron chi connectivity index (χ2n) is 9.67. The summed E-state index contributed by atoms with van der Waals surface area (Å²) in [5.41, 5.74) is 4.17. The molecule has 0 bridgehead atoms. The molecule has 1 aromatic carbocycles. The summed E-state index contributed by atoms with van der Waals surface area (Å²) in [6.07, 6.45) is 5.81. The largest absolute Gasteiger partial charge is 0.396 e. The minimum atomic E-state index is -0.215. The summed E-state index contributed by atoms with van der Waals surface area (Å²) in [4.78, 5) is 23.2. The summed E-state index contributed by atoms with van der Waals surface area (Å²) in [6.45, 7) is 7.63. The van der Waals surface area contributed by atoms with Gasteiger partial charge in [0.15, 0.2) is 0 Å². The molecule has 2 aromatic heterocycles. The Labute approximate surface area is 205 Å². The first-order valence-electron chi connectivity index (χ1n) is 11.7. The highest BCUT2D eigenvalue weighted by Gasteiger charge is 2.34. The number of rotatable bonds is 8. The molecule has 0 atom stereocenters. The smallest absolute Gasteiger partial charge is 0.317 e. The molecule has 0 spiro atoms. The van der Waals surface area contributed by atoms with Crippen molar-refractivity contribution in [1.82, 2.24) is 30.0 Å². The number of likely N-dealkylation sites (tertiary alicyclic amines) is 1. The summed E-state index contributed by atoms with van der Waals surface area (Å²) in [5.74, 6) is 0.471. The van der Waals surface area contributed by atoms with Crippen LogP contribution in [-0.2, 0) is 24.8 Å². The standard InChI is InChI=1S/C25H33N7O3/c1-25(2,3)35-21-15-32(16-21)24(34)27-12-19-6-5-18(11-17(19)8-10-33)22-7-9-26-23(30-22)29-20-13-28-31(4)14-20/h5-7,9,11,13-14,21,33H,8,10,12,15-16H2,1-4H3,(H,27,34)(H,26,29,30). The Hall–Kier alpha value is -3.50. The van der Waals surface area contributed by atoms with E-state index in [1.807, 2.05) is 58.3 Å². The molecule has 1 saturated heterocycles. The maximum Gasteiger partial charge on any atom is 0.317 e. The van der Waals surface area contributed by atoms with E-state index in [0.29, 0.717) is 32.0 Å². The van der Waals surface area contributed by atoms with Crippen LogP contribution in [0.2, 0.25) is 0 Å². The molecule has 35 heavy (non-hydrogen) atoms. The number of ether oxygens (including phenoxy) is 1. The zero-order chi connectivity index (χ0) is 25.0. The Morgan fingerprint density at radius 3 is 2.71 bits per heavy atom. The monoisotopic (exact) mass is 479 g/mol. The van der Waals surface area contributed by atoms with Gasteiger partial charge in [-0.3, -0.25) is 4.68 Å². The fraction of sp³-hybridized carbons (Fsp3) is 0.440. The molecule has 10 nitrogen and oxygen atoms in total. The first-order chi connectivity index (χ1) is 16.7. The third-order valence-corrected chi connectivity index (χ3v) is 5.59. The van der Waals surface area contributed by atoms with Gasteiger partial charge in [-0.2, -0.15) is 5.10 Å². The summed E-state index contributed by atoms with van der Waals surface area (Å²) >= 11 is 0. The van der Waals surface area contributed by atoms with Gasteiger partial charge in [0.05, 0.1) is 42.4 Å². The normalized spacial score (nSPS) is 14.0. The number of aromatic nitrogens is 4. The molecule has 0 radical (unpaired) electrons. The third-order valence-electron chi connectivity index (χ3n) is 5.59. The van der Waals surface area contributed by atoms with Gasteiger partial charge in [-0.05, 0) is 50.5 Å². The van der Waals surface area contributed by atoms with E-state index in [2.05, 4.69) is 25.7 Å². The van der Waals surface area contributed by atoms with Crippen LogP contribution >= 0.6 is 0 Å². The molecule has 10 heteroatoms. The van der Waals surface area contributed by atoms with Gasteiger partial charge < -0.3 is 25.4 Å². The number of aliphatic hydroxyl groups is 1. The van der Waals surface area contributed by atoms with Gasteiger partial charge in [-0.1, -0.05) is 12.1 Å². The molecule has 0 aliphatic carbocycles. The van der Waals surface area contributed by atoms with E-state index < -0.39 is 0 Å². The molecule has 1 fully saturated rings. The van der Waals surface area contributed by atoms with Crippen molar-refractivity contribution in [3.05, 3.63) is 54.0 Å². The number of nitrogens with one attached hydrogen (secondary N) is 2. The Morgan fingerprint density at radius 2 is 2.03 bits per heavy atom. The number of aliphatic hydroxyl groups excluding tert-OH is 1. The second-order valence-corrected chi connectivity index (χ2v) is 9.67. The van der Waals surface area contributed by atoms with Crippen LogP contribution in [0, 0.1) is 0 Å². The van der Waals surface area contributed by atoms with Crippen molar-refractivity contribution in [2.45, 2.75) is 45.4 Å². The van der Waals surface area contributed by atoms with Crippen molar-refractivity contribution >= 4 is 17.7 Å². The zero-order valence-corrected chi connectivity index (χ0v) is 20.7. The molecule has 3 heterocycles. The van der Waals surface area contributed by atoms with E-state index in [4.69, 9.17) is 4.74 Å². The second kappa shape index (κ2) is 10.4. The van der Waals surface area contributed by atoms with Crippen LogP contribution in [0.1, 0.15) is 31.9 Å². The van der Waals surface area contributed by atoms with E-state index in [9.17, 15) is 9.90 Å².